The van der Waals surface area contributed by atoms with Crippen LogP contribution in [0.4, 0.5) is 0 Å². The van der Waals surface area contributed by atoms with E-state index in [1.165, 1.54) is 4.70 Å². The summed E-state index contributed by atoms with van der Waals surface area (Å²) in [6.45, 7) is 1.72. The number of aromatic nitrogens is 1. The van der Waals surface area contributed by atoms with Gasteiger partial charge in [-0.1, -0.05) is 12.1 Å². The van der Waals surface area contributed by atoms with Gasteiger partial charge >= 0.3 is 0 Å². The Labute approximate surface area is 116 Å². The fourth-order valence-electron chi connectivity index (χ4n) is 1.75. The summed E-state index contributed by atoms with van der Waals surface area (Å²) in [6.07, 6.45) is 0.767. The summed E-state index contributed by atoms with van der Waals surface area (Å²) in [4.78, 5) is 4.59. The summed E-state index contributed by atoms with van der Waals surface area (Å²) < 4.78 is 11.6. The van der Waals surface area contributed by atoms with Crippen LogP contribution in [0, 0.1) is 0 Å². The van der Waals surface area contributed by atoms with Crippen LogP contribution < -0.4 is 11.3 Å². The first-order valence-electron chi connectivity index (χ1n) is 6.20. The minimum Gasteiger partial charge on any atom is -0.382 e. The third-order valence-corrected chi connectivity index (χ3v) is 3.80. The number of hydrazine groups is 1. The van der Waals surface area contributed by atoms with Crippen molar-refractivity contribution >= 4 is 21.6 Å². The lowest BCUT2D eigenvalue weighted by molar-refractivity contribution is 0.0587. The molecule has 0 amide bonds. The molecule has 19 heavy (non-hydrogen) atoms. The van der Waals surface area contributed by atoms with Crippen LogP contribution in [0.3, 0.4) is 0 Å². The predicted octanol–water partition coefficient (Wildman–Crippen LogP) is 1.33. The number of para-hydroxylation sites is 1. The Kier molecular flexibility index (Phi) is 5.68. The molecule has 0 aliphatic heterocycles. The number of thiazole rings is 1. The molecular formula is C13H19N3O2S. The smallest absolute Gasteiger partial charge is 0.0955 e. The lowest BCUT2D eigenvalue weighted by atomic mass is 10.2. The van der Waals surface area contributed by atoms with Crippen molar-refractivity contribution in [3.63, 3.8) is 0 Å². The Morgan fingerprint density at radius 2 is 2.21 bits per heavy atom. The molecule has 3 N–H and O–H groups in total. The highest BCUT2D eigenvalue weighted by molar-refractivity contribution is 7.18. The minimum absolute atomic E-state index is 0.0671. The first kappa shape index (κ1) is 14.4. The van der Waals surface area contributed by atoms with Crippen molar-refractivity contribution in [1.29, 1.82) is 0 Å². The van der Waals surface area contributed by atoms with Crippen LogP contribution in [0.15, 0.2) is 24.3 Å². The summed E-state index contributed by atoms with van der Waals surface area (Å²) in [7, 11) is 1.66. The zero-order valence-electron chi connectivity index (χ0n) is 11.0. The van der Waals surface area contributed by atoms with E-state index < -0.39 is 0 Å². The van der Waals surface area contributed by atoms with Gasteiger partial charge in [-0.15, -0.1) is 11.3 Å². The number of ether oxygens (including phenoxy) is 2. The Balaban J connectivity index is 1.90. The first-order valence-corrected chi connectivity index (χ1v) is 7.02. The van der Waals surface area contributed by atoms with Gasteiger partial charge in [0.15, 0.2) is 0 Å². The molecule has 1 aromatic heterocycles. The second-order valence-electron chi connectivity index (χ2n) is 4.21. The summed E-state index contributed by atoms with van der Waals surface area (Å²) >= 11 is 1.70. The van der Waals surface area contributed by atoms with Crippen molar-refractivity contribution in [3.8, 4) is 0 Å². The number of nitrogens with one attached hydrogen (secondary N) is 1. The van der Waals surface area contributed by atoms with Crippen LogP contribution in [-0.2, 0) is 15.9 Å². The van der Waals surface area contributed by atoms with Gasteiger partial charge in [0.1, 0.15) is 0 Å². The molecular weight excluding hydrogens is 262 g/mol. The number of benzene rings is 1. The second-order valence-corrected chi connectivity index (χ2v) is 5.33. The van der Waals surface area contributed by atoms with Gasteiger partial charge in [-0.25, -0.2) is 4.98 Å². The zero-order valence-corrected chi connectivity index (χ0v) is 11.8. The number of rotatable bonds is 8. The summed E-state index contributed by atoms with van der Waals surface area (Å²) in [5.41, 5.74) is 3.81. The van der Waals surface area contributed by atoms with Crippen molar-refractivity contribution in [3.05, 3.63) is 29.3 Å². The Morgan fingerprint density at radius 1 is 1.37 bits per heavy atom. The molecule has 6 heteroatoms. The summed E-state index contributed by atoms with van der Waals surface area (Å²) in [5, 5.41) is 1.07. The number of hydrogen-bond donors (Lipinski definition) is 2. The Morgan fingerprint density at radius 3 is 2.95 bits per heavy atom. The van der Waals surface area contributed by atoms with Crippen molar-refractivity contribution in [2.45, 2.75) is 12.5 Å². The fourth-order valence-corrected chi connectivity index (χ4v) is 2.80. The van der Waals surface area contributed by atoms with E-state index in [0.29, 0.717) is 19.8 Å². The highest BCUT2D eigenvalue weighted by Crippen LogP contribution is 2.22. The fraction of sp³-hybridized carbons (Fsp3) is 0.462. The molecule has 1 atom stereocenters. The molecule has 0 bridgehead atoms. The molecule has 2 rings (SSSR count). The standard InChI is InChI=1S/C13H19N3O2S/c1-17-6-7-18-9-10(16-14)8-13-15-11-4-2-3-5-12(11)19-13/h2-5,10,16H,6-9,14H2,1H3. The molecule has 5 nitrogen and oxygen atoms in total. The van der Waals surface area contributed by atoms with E-state index in [9.17, 15) is 0 Å². The second kappa shape index (κ2) is 7.52. The maximum Gasteiger partial charge on any atom is 0.0955 e. The van der Waals surface area contributed by atoms with Gasteiger partial charge in [0.25, 0.3) is 0 Å². The number of hydrogen-bond acceptors (Lipinski definition) is 6. The maximum absolute atomic E-state index is 5.55. The third-order valence-electron chi connectivity index (χ3n) is 2.75. The van der Waals surface area contributed by atoms with Gasteiger partial charge in [0, 0.05) is 13.5 Å². The molecule has 0 aliphatic rings. The molecule has 1 heterocycles. The Bertz CT molecular complexity index is 470. The highest BCUT2D eigenvalue weighted by atomic mass is 32.1. The van der Waals surface area contributed by atoms with Gasteiger partial charge in [-0.2, -0.15) is 0 Å². The summed E-state index contributed by atoms with van der Waals surface area (Å²) in [6, 6.07) is 8.19. The van der Waals surface area contributed by atoms with E-state index in [1.807, 2.05) is 18.2 Å². The number of methoxy groups -OCH3 is 1. The first-order chi connectivity index (χ1) is 9.33. The average Bonchev–Trinajstić information content (AvgIpc) is 2.84. The molecule has 0 saturated carbocycles. The van der Waals surface area contributed by atoms with Crippen molar-refractivity contribution in [2.24, 2.45) is 5.84 Å². The normalized spacial score (nSPS) is 12.9. The number of nitrogens with zero attached hydrogens (tertiary/aromatic N) is 1. The van der Waals surface area contributed by atoms with Crippen molar-refractivity contribution in [2.75, 3.05) is 26.9 Å². The van der Waals surface area contributed by atoms with Crippen LogP contribution in [0.1, 0.15) is 5.01 Å². The SMILES string of the molecule is COCCOCC(Cc1nc2ccccc2s1)NN. The molecule has 0 aliphatic carbocycles. The molecule has 1 aromatic carbocycles. The zero-order chi connectivity index (χ0) is 13.5. The Hall–Kier alpha value is -1.05. The van der Waals surface area contributed by atoms with E-state index in [1.54, 1.807) is 18.4 Å². The van der Waals surface area contributed by atoms with Gasteiger partial charge in [-0.3, -0.25) is 11.3 Å². The van der Waals surface area contributed by atoms with Gasteiger partial charge < -0.3 is 9.47 Å². The van der Waals surface area contributed by atoms with Gasteiger partial charge in [0.2, 0.25) is 0 Å². The van der Waals surface area contributed by atoms with E-state index >= 15 is 0 Å². The van der Waals surface area contributed by atoms with Gasteiger partial charge in [0.05, 0.1) is 41.1 Å². The molecule has 104 valence electrons. The third kappa shape index (κ3) is 4.22. The predicted molar refractivity (Wildman–Crippen MR) is 77.1 cm³/mol. The average molecular weight is 281 g/mol. The van der Waals surface area contributed by atoms with Crippen LogP contribution in [0.5, 0.6) is 0 Å². The van der Waals surface area contributed by atoms with E-state index in [-0.39, 0.29) is 6.04 Å². The topological polar surface area (TPSA) is 69.4 Å². The monoisotopic (exact) mass is 281 g/mol. The lowest BCUT2D eigenvalue weighted by Crippen LogP contribution is -2.40. The van der Waals surface area contributed by atoms with Crippen LogP contribution in [-0.4, -0.2) is 38.0 Å². The minimum atomic E-state index is 0.0671. The lowest BCUT2D eigenvalue weighted by Gasteiger charge is -2.14. The molecule has 0 spiro atoms. The van der Waals surface area contributed by atoms with E-state index in [4.69, 9.17) is 15.3 Å². The molecule has 0 radical (unpaired) electrons. The molecule has 2 aromatic rings. The van der Waals surface area contributed by atoms with E-state index in [2.05, 4.69) is 16.5 Å². The maximum atomic E-state index is 5.55. The van der Waals surface area contributed by atoms with E-state index in [0.717, 1.165) is 16.9 Å². The van der Waals surface area contributed by atoms with Gasteiger partial charge in [-0.05, 0) is 12.1 Å². The molecule has 1 unspecified atom stereocenters. The van der Waals surface area contributed by atoms with Crippen LogP contribution in [0.25, 0.3) is 10.2 Å². The molecule has 0 saturated heterocycles. The summed E-state index contributed by atoms with van der Waals surface area (Å²) in [5.74, 6) is 5.55. The van der Waals surface area contributed by atoms with Crippen LogP contribution in [0.2, 0.25) is 0 Å². The highest BCUT2D eigenvalue weighted by Gasteiger charge is 2.11. The van der Waals surface area contributed by atoms with Crippen LogP contribution >= 0.6 is 11.3 Å². The molecule has 0 fully saturated rings. The quantitative estimate of drug-likeness (QED) is 0.434. The van der Waals surface area contributed by atoms with Crippen molar-refractivity contribution < 1.29 is 9.47 Å². The number of fused-ring (bicyclic) bond motifs is 1. The number of nitrogens with two attached hydrogens (primary N) is 1. The van der Waals surface area contributed by atoms with Crippen molar-refractivity contribution in [1.82, 2.24) is 10.4 Å². The largest absolute Gasteiger partial charge is 0.382 e.